The lowest BCUT2D eigenvalue weighted by molar-refractivity contribution is -0.119. The second kappa shape index (κ2) is 10.6. The second-order valence-corrected chi connectivity index (χ2v) is 9.22. The Morgan fingerprint density at radius 2 is 1.91 bits per heavy atom. The van der Waals surface area contributed by atoms with E-state index in [9.17, 15) is 9.59 Å². The number of pyridine rings is 1. The van der Waals surface area contributed by atoms with E-state index in [1.165, 1.54) is 23.8 Å². The Kier molecular flexibility index (Phi) is 7.40. The summed E-state index contributed by atoms with van der Waals surface area (Å²) in [5.74, 6) is 0.0719. The van der Waals surface area contributed by atoms with Crippen LogP contribution < -0.4 is 15.4 Å². The van der Waals surface area contributed by atoms with Crippen LogP contribution in [0, 0.1) is 13.8 Å². The Labute approximate surface area is 207 Å². The van der Waals surface area contributed by atoms with Gasteiger partial charge in [0.15, 0.2) is 17.4 Å². The second-order valence-electron chi connectivity index (χ2n) is 8.37. The first-order valence-corrected chi connectivity index (χ1v) is 12.2. The Morgan fingerprint density at radius 3 is 2.66 bits per heavy atom. The minimum absolute atomic E-state index is 0.00830. The first kappa shape index (κ1) is 24.3. The molecule has 2 amide bonds. The minimum Gasteiger partial charge on any atom is -0.466 e. The number of aryl methyl sites for hydroxylation is 4. The van der Waals surface area contributed by atoms with Gasteiger partial charge in [-0.05, 0) is 43.9 Å². The fourth-order valence-electron chi connectivity index (χ4n) is 3.80. The van der Waals surface area contributed by atoms with Gasteiger partial charge in [-0.15, -0.1) is 16.4 Å². The normalized spacial score (nSPS) is 11.0. The molecule has 0 saturated carbocycles. The summed E-state index contributed by atoms with van der Waals surface area (Å²) in [7, 11) is 1.80. The summed E-state index contributed by atoms with van der Waals surface area (Å²) in [4.78, 5) is 32.5. The third-order valence-electron chi connectivity index (χ3n) is 5.44. The molecular formula is C25H28N6O3S. The SMILES string of the molecule is CC(=O)NCCCc1ccc(-c2csc(NC(=O)COc3nn(C)c4nc(C)cc(C)c34)n2)cc1. The average molecular weight is 493 g/mol. The molecular weight excluding hydrogens is 464 g/mol. The molecule has 0 aliphatic rings. The van der Waals surface area contributed by atoms with Crippen molar-refractivity contribution in [2.24, 2.45) is 7.05 Å². The molecule has 35 heavy (non-hydrogen) atoms. The first-order chi connectivity index (χ1) is 16.8. The van der Waals surface area contributed by atoms with Crippen LogP contribution in [-0.2, 0) is 23.1 Å². The number of amides is 2. The smallest absolute Gasteiger partial charge is 0.264 e. The van der Waals surface area contributed by atoms with E-state index in [-0.39, 0.29) is 18.4 Å². The number of nitrogens with one attached hydrogen (secondary N) is 2. The van der Waals surface area contributed by atoms with Crippen LogP contribution in [0.4, 0.5) is 5.13 Å². The van der Waals surface area contributed by atoms with E-state index in [0.29, 0.717) is 17.6 Å². The Bertz CT molecular complexity index is 1360. The van der Waals surface area contributed by atoms with Gasteiger partial charge in [0.05, 0.1) is 11.1 Å². The average Bonchev–Trinajstić information content (AvgIpc) is 3.40. The number of carbonyl (C=O) groups is 2. The van der Waals surface area contributed by atoms with Crippen molar-refractivity contribution in [3.8, 4) is 17.1 Å². The Hall–Kier alpha value is -3.79. The Morgan fingerprint density at radius 1 is 1.14 bits per heavy atom. The number of thiazole rings is 1. The van der Waals surface area contributed by atoms with Gasteiger partial charge in [-0.1, -0.05) is 24.3 Å². The molecule has 9 nitrogen and oxygen atoms in total. The largest absolute Gasteiger partial charge is 0.466 e. The Balaban J connectivity index is 1.32. The molecule has 10 heteroatoms. The van der Waals surface area contributed by atoms with Gasteiger partial charge in [-0.25, -0.2) is 14.6 Å². The monoisotopic (exact) mass is 492 g/mol. The summed E-state index contributed by atoms with van der Waals surface area (Å²) >= 11 is 1.36. The molecule has 0 bridgehead atoms. The van der Waals surface area contributed by atoms with Crippen LogP contribution in [0.3, 0.4) is 0 Å². The van der Waals surface area contributed by atoms with Crippen LogP contribution >= 0.6 is 11.3 Å². The predicted octanol–water partition coefficient (Wildman–Crippen LogP) is 3.79. The highest BCUT2D eigenvalue weighted by Gasteiger charge is 2.16. The van der Waals surface area contributed by atoms with Crippen molar-refractivity contribution in [2.45, 2.75) is 33.6 Å². The van der Waals surface area contributed by atoms with Crippen LogP contribution in [0.25, 0.3) is 22.3 Å². The molecule has 1 aromatic carbocycles. The van der Waals surface area contributed by atoms with Crippen molar-refractivity contribution < 1.29 is 14.3 Å². The number of nitrogens with zero attached hydrogens (tertiary/aromatic N) is 4. The third kappa shape index (κ3) is 6.02. The molecule has 0 unspecified atom stereocenters. The summed E-state index contributed by atoms with van der Waals surface area (Å²) in [5, 5.41) is 13.2. The fourth-order valence-corrected chi connectivity index (χ4v) is 4.54. The van der Waals surface area contributed by atoms with Gasteiger partial charge in [-0.3, -0.25) is 14.9 Å². The number of hydrogen-bond donors (Lipinski definition) is 2. The molecule has 182 valence electrons. The lowest BCUT2D eigenvalue weighted by Gasteiger charge is -2.05. The molecule has 0 spiro atoms. The van der Waals surface area contributed by atoms with Gasteiger partial charge in [0.1, 0.15) is 0 Å². The highest BCUT2D eigenvalue weighted by atomic mass is 32.1. The number of aromatic nitrogens is 4. The summed E-state index contributed by atoms with van der Waals surface area (Å²) < 4.78 is 7.38. The number of ether oxygens (including phenoxy) is 1. The maximum atomic E-state index is 12.5. The van der Waals surface area contributed by atoms with Gasteiger partial charge in [0.2, 0.25) is 11.8 Å². The van der Waals surface area contributed by atoms with Crippen molar-refractivity contribution >= 4 is 39.3 Å². The zero-order valence-electron chi connectivity index (χ0n) is 20.2. The number of carbonyl (C=O) groups excluding carboxylic acids is 2. The third-order valence-corrected chi connectivity index (χ3v) is 6.20. The van der Waals surface area contributed by atoms with Gasteiger partial charge in [-0.2, -0.15) is 0 Å². The maximum absolute atomic E-state index is 12.5. The van der Waals surface area contributed by atoms with Crippen molar-refractivity contribution in [3.63, 3.8) is 0 Å². The molecule has 0 radical (unpaired) electrons. The van der Waals surface area contributed by atoms with Crippen LogP contribution in [0.5, 0.6) is 5.88 Å². The zero-order valence-corrected chi connectivity index (χ0v) is 21.0. The van der Waals surface area contributed by atoms with Crippen molar-refractivity contribution in [3.05, 3.63) is 52.5 Å². The van der Waals surface area contributed by atoms with Crippen LogP contribution in [-0.4, -0.2) is 44.7 Å². The number of benzene rings is 1. The van der Waals surface area contributed by atoms with E-state index in [4.69, 9.17) is 4.74 Å². The van der Waals surface area contributed by atoms with E-state index >= 15 is 0 Å². The van der Waals surface area contributed by atoms with Gasteiger partial charge >= 0.3 is 0 Å². The molecule has 3 heterocycles. The fraction of sp³-hybridized carbons (Fsp3) is 0.320. The summed E-state index contributed by atoms with van der Waals surface area (Å²) in [6.07, 6.45) is 1.78. The summed E-state index contributed by atoms with van der Waals surface area (Å²) in [6, 6.07) is 10.1. The summed E-state index contributed by atoms with van der Waals surface area (Å²) in [6.45, 7) is 5.92. The molecule has 0 atom stereocenters. The van der Waals surface area contributed by atoms with Crippen molar-refractivity contribution in [1.29, 1.82) is 0 Å². The predicted molar refractivity (Wildman–Crippen MR) is 137 cm³/mol. The topological polar surface area (TPSA) is 111 Å². The summed E-state index contributed by atoms with van der Waals surface area (Å²) in [5.41, 5.74) is 5.59. The van der Waals surface area contributed by atoms with E-state index in [1.807, 2.05) is 37.4 Å². The quantitative estimate of drug-likeness (QED) is 0.344. The van der Waals surface area contributed by atoms with Crippen LogP contribution in [0.1, 0.15) is 30.2 Å². The van der Waals surface area contributed by atoms with Gasteiger partial charge in [0, 0.05) is 37.2 Å². The highest BCUT2D eigenvalue weighted by Crippen LogP contribution is 2.28. The van der Waals surface area contributed by atoms with E-state index in [2.05, 4.69) is 37.8 Å². The lowest BCUT2D eigenvalue weighted by atomic mass is 10.1. The van der Waals surface area contributed by atoms with Crippen molar-refractivity contribution in [1.82, 2.24) is 25.1 Å². The molecule has 3 aromatic heterocycles. The van der Waals surface area contributed by atoms with E-state index in [0.717, 1.165) is 46.4 Å². The highest BCUT2D eigenvalue weighted by molar-refractivity contribution is 7.14. The van der Waals surface area contributed by atoms with E-state index in [1.54, 1.807) is 11.7 Å². The molecule has 4 aromatic rings. The number of hydrogen-bond acceptors (Lipinski definition) is 7. The minimum atomic E-state index is -0.308. The van der Waals surface area contributed by atoms with Crippen LogP contribution in [0.2, 0.25) is 0 Å². The number of rotatable bonds is 9. The molecule has 0 aliphatic carbocycles. The number of anilines is 1. The lowest BCUT2D eigenvalue weighted by Crippen LogP contribution is -2.21. The van der Waals surface area contributed by atoms with Gasteiger partial charge in [0.25, 0.3) is 5.91 Å². The molecule has 0 aliphatic heterocycles. The zero-order chi connectivity index (χ0) is 24.9. The first-order valence-electron chi connectivity index (χ1n) is 11.3. The standard InChI is InChI=1S/C25H28N6O3S/c1-15-12-16(2)27-23-22(15)24(30-31(23)4)34-13-21(33)29-25-28-20(14-35-25)19-9-7-18(8-10-19)6-5-11-26-17(3)32/h7-10,12,14H,5-6,11,13H2,1-4H3,(H,26,32)(H,28,29,33). The van der Waals surface area contributed by atoms with Crippen molar-refractivity contribution in [2.75, 3.05) is 18.5 Å². The number of fused-ring (bicyclic) bond motifs is 1. The molecule has 4 rings (SSSR count). The maximum Gasteiger partial charge on any atom is 0.264 e. The molecule has 2 N–H and O–H groups in total. The molecule has 0 saturated heterocycles. The van der Waals surface area contributed by atoms with Crippen LogP contribution in [0.15, 0.2) is 35.7 Å². The molecule has 0 fully saturated rings. The van der Waals surface area contributed by atoms with E-state index < -0.39 is 0 Å². The van der Waals surface area contributed by atoms with Gasteiger partial charge < -0.3 is 10.1 Å².